The van der Waals surface area contributed by atoms with E-state index >= 15 is 0 Å². The maximum atomic E-state index is 12.8. The lowest BCUT2D eigenvalue weighted by Gasteiger charge is -2.05. The number of carbonyl (C=O) groups excluding carboxylic acids is 1. The van der Waals surface area contributed by atoms with Crippen molar-refractivity contribution in [1.82, 2.24) is 25.2 Å². The Balaban J connectivity index is 1.14. The lowest BCUT2D eigenvalue weighted by atomic mass is 10.2. The van der Waals surface area contributed by atoms with Gasteiger partial charge in [-0.05, 0) is 61.7 Å². The van der Waals surface area contributed by atoms with Gasteiger partial charge < -0.3 is 19.3 Å². The van der Waals surface area contributed by atoms with Gasteiger partial charge in [-0.15, -0.1) is 0 Å². The first-order valence-electron chi connectivity index (χ1n) is 10.8. The van der Waals surface area contributed by atoms with E-state index in [1.807, 2.05) is 49.4 Å². The molecular weight excluding hydrogens is 422 g/mol. The Morgan fingerprint density at radius 1 is 1.12 bits per heavy atom. The zero-order chi connectivity index (χ0) is 22.4. The summed E-state index contributed by atoms with van der Waals surface area (Å²) in [6.07, 6.45) is 3.97. The number of hydrogen-bond donors (Lipinski definition) is 1. The van der Waals surface area contributed by atoms with Crippen LogP contribution in [0, 0.1) is 6.92 Å². The summed E-state index contributed by atoms with van der Waals surface area (Å²) in [5.74, 6) is 2.95. The second kappa shape index (κ2) is 7.77. The molecule has 1 N–H and O–H groups in total. The summed E-state index contributed by atoms with van der Waals surface area (Å²) in [6.45, 7) is 2.42. The highest BCUT2D eigenvalue weighted by Crippen LogP contribution is 2.39. The molecule has 1 saturated carbocycles. The van der Waals surface area contributed by atoms with E-state index in [4.69, 9.17) is 14.0 Å². The summed E-state index contributed by atoms with van der Waals surface area (Å²) in [4.78, 5) is 17.3. The van der Waals surface area contributed by atoms with E-state index in [0.717, 1.165) is 35.4 Å². The van der Waals surface area contributed by atoms with Crippen LogP contribution in [0.1, 0.15) is 46.3 Å². The Labute approximate surface area is 189 Å². The Morgan fingerprint density at radius 3 is 2.76 bits per heavy atom. The second-order valence-corrected chi connectivity index (χ2v) is 8.22. The lowest BCUT2D eigenvalue weighted by molar-refractivity contribution is 0.0950. The van der Waals surface area contributed by atoms with Gasteiger partial charge in [-0.2, -0.15) is 10.1 Å². The van der Waals surface area contributed by atoms with Crippen molar-refractivity contribution >= 4 is 5.91 Å². The number of aromatic nitrogens is 4. The lowest BCUT2D eigenvalue weighted by Crippen LogP contribution is -2.23. The average molecular weight is 443 g/mol. The molecule has 1 amide bonds. The Kier molecular flexibility index (Phi) is 4.60. The highest BCUT2D eigenvalue weighted by molar-refractivity contribution is 5.95. The molecule has 2 aromatic carbocycles. The molecule has 166 valence electrons. The second-order valence-electron chi connectivity index (χ2n) is 8.22. The van der Waals surface area contributed by atoms with Crippen molar-refractivity contribution in [2.45, 2.75) is 32.2 Å². The van der Waals surface area contributed by atoms with Crippen molar-refractivity contribution in [2.24, 2.45) is 0 Å². The van der Waals surface area contributed by atoms with Gasteiger partial charge in [0.05, 0.1) is 16.9 Å². The first-order valence-corrected chi connectivity index (χ1v) is 10.8. The zero-order valence-corrected chi connectivity index (χ0v) is 17.9. The van der Waals surface area contributed by atoms with Crippen LogP contribution in [0.3, 0.4) is 0 Å². The molecule has 0 atom stereocenters. The van der Waals surface area contributed by atoms with E-state index in [0.29, 0.717) is 41.2 Å². The van der Waals surface area contributed by atoms with Crippen LogP contribution in [-0.4, -0.2) is 32.6 Å². The van der Waals surface area contributed by atoms with Crippen molar-refractivity contribution in [3.05, 3.63) is 71.4 Å². The molecule has 3 heterocycles. The molecule has 1 aliphatic carbocycles. The van der Waals surface area contributed by atoms with Crippen molar-refractivity contribution in [1.29, 1.82) is 0 Å². The molecule has 9 heteroatoms. The number of benzene rings is 2. The minimum atomic E-state index is -0.188. The third-order valence-corrected chi connectivity index (χ3v) is 5.79. The number of hydrogen-bond acceptors (Lipinski definition) is 7. The van der Waals surface area contributed by atoms with Gasteiger partial charge >= 0.3 is 0 Å². The van der Waals surface area contributed by atoms with Gasteiger partial charge in [0.2, 0.25) is 18.5 Å². The van der Waals surface area contributed by atoms with E-state index in [9.17, 15) is 4.79 Å². The summed E-state index contributed by atoms with van der Waals surface area (Å²) >= 11 is 0. The SMILES string of the molecule is Cc1nn(-c2ccc(-c3noc(C4CC4)n3)cc2)cc1C(=O)NCc1ccc2c(c1)OCO2. The predicted molar refractivity (Wildman–Crippen MR) is 117 cm³/mol. The third-order valence-electron chi connectivity index (χ3n) is 5.79. The molecule has 0 saturated heterocycles. The maximum absolute atomic E-state index is 12.8. The van der Waals surface area contributed by atoms with Crippen LogP contribution in [0.25, 0.3) is 17.1 Å². The van der Waals surface area contributed by atoms with Crippen LogP contribution >= 0.6 is 0 Å². The Hall–Kier alpha value is -4.14. The van der Waals surface area contributed by atoms with Gasteiger partial charge in [-0.3, -0.25) is 4.79 Å². The topological polar surface area (TPSA) is 104 Å². The molecule has 2 aromatic heterocycles. The van der Waals surface area contributed by atoms with Crippen molar-refractivity contribution < 1.29 is 18.8 Å². The number of nitrogens with zero attached hydrogens (tertiary/aromatic N) is 4. The fourth-order valence-electron chi connectivity index (χ4n) is 3.76. The largest absolute Gasteiger partial charge is 0.454 e. The van der Waals surface area contributed by atoms with Crippen LogP contribution in [0.2, 0.25) is 0 Å². The summed E-state index contributed by atoms with van der Waals surface area (Å²) in [7, 11) is 0. The van der Waals surface area contributed by atoms with E-state index in [1.54, 1.807) is 10.9 Å². The normalized spacial score (nSPS) is 14.5. The highest BCUT2D eigenvalue weighted by Gasteiger charge is 2.29. The highest BCUT2D eigenvalue weighted by atomic mass is 16.7. The predicted octanol–water partition coefficient (Wildman–Crippen LogP) is 3.77. The van der Waals surface area contributed by atoms with Crippen molar-refractivity contribution in [3.63, 3.8) is 0 Å². The average Bonchev–Trinajstić information content (AvgIpc) is 3.23. The molecule has 2 aliphatic rings. The van der Waals surface area contributed by atoms with E-state index in [1.165, 1.54) is 0 Å². The van der Waals surface area contributed by atoms with Gasteiger partial charge in [0.1, 0.15) is 0 Å². The molecule has 0 bridgehead atoms. The molecule has 4 aromatic rings. The van der Waals surface area contributed by atoms with E-state index < -0.39 is 0 Å². The summed E-state index contributed by atoms with van der Waals surface area (Å²) in [5, 5.41) is 11.5. The van der Waals surface area contributed by atoms with Gasteiger partial charge in [-0.25, -0.2) is 4.68 Å². The minimum Gasteiger partial charge on any atom is -0.454 e. The molecule has 0 radical (unpaired) electrons. The molecule has 0 spiro atoms. The van der Waals surface area contributed by atoms with Crippen LogP contribution in [0.15, 0.2) is 53.2 Å². The van der Waals surface area contributed by atoms with Crippen molar-refractivity contribution in [2.75, 3.05) is 6.79 Å². The first-order chi connectivity index (χ1) is 16.1. The number of fused-ring (bicyclic) bond motifs is 1. The Morgan fingerprint density at radius 2 is 1.94 bits per heavy atom. The number of nitrogens with one attached hydrogen (secondary N) is 1. The fourth-order valence-corrected chi connectivity index (χ4v) is 3.76. The van der Waals surface area contributed by atoms with Crippen LogP contribution in [0.5, 0.6) is 11.5 Å². The standard InChI is InChI=1S/C24H21N5O4/c1-14-19(23(30)25-11-15-2-9-20-21(10-15)32-13-31-20)12-29(27-14)18-7-5-16(6-8-18)22-26-24(33-28-22)17-3-4-17/h2,5-10,12,17H,3-4,11,13H2,1H3,(H,25,30). The number of aryl methyl sites for hydroxylation is 1. The molecule has 9 nitrogen and oxygen atoms in total. The minimum absolute atomic E-state index is 0.188. The summed E-state index contributed by atoms with van der Waals surface area (Å²) < 4.78 is 17.8. The van der Waals surface area contributed by atoms with Gasteiger partial charge in [0.25, 0.3) is 5.91 Å². The molecular formula is C24H21N5O4. The number of carbonyl (C=O) groups is 1. The van der Waals surface area contributed by atoms with Crippen molar-refractivity contribution in [3.8, 4) is 28.6 Å². The Bertz CT molecular complexity index is 1340. The summed E-state index contributed by atoms with van der Waals surface area (Å²) in [6, 6.07) is 13.3. The fraction of sp³-hybridized carbons (Fsp3) is 0.250. The molecule has 1 aliphatic heterocycles. The van der Waals surface area contributed by atoms with Gasteiger partial charge in [-0.1, -0.05) is 11.2 Å². The van der Waals surface area contributed by atoms with Crippen LogP contribution in [0.4, 0.5) is 0 Å². The smallest absolute Gasteiger partial charge is 0.255 e. The zero-order valence-electron chi connectivity index (χ0n) is 17.9. The first kappa shape index (κ1) is 19.5. The number of rotatable bonds is 6. The molecule has 0 unspecified atom stereocenters. The van der Waals surface area contributed by atoms with Crippen LogP contribution < -0.4 is 14.8 Å². The quantitative estimate of drug-likeness (QED) is 0.484. The molecule has 33 heavy (non-hydrogen) atoms. The monoisotopic (exact) mass is 443 g/mol. The molecule has 1 fully saturated rings. The number of ether oxygens (including phenoxy) is 2. The summed E-state index contributed by atoms with van der Waals surface area (Å²) in [5.41, 5.74) is 3.81. The van der Waals surface area contributed by atoms with E-state index in [2.05, 4.69) is 20.6 Å². The van der Waals surface area contributed by atoms with Gasteiger partial charge in [0, 0.05) is 24.2 Å². The number of amides is 1. The maximum Gasteiger partial charge on any atom is 0.255 e. The third kappa shape index (κ3) is 3.82. The van der Waals surface area contributed by atoms with Crippen LogP contribution in [-0.2, 0) is 6.54 Å². The molecule has 6 rings (SSSR count). The van der Waals surface area contributed by atoms with E-state index in [-0.39, 0.29) is 12.7 Å². The van der Waals surface area contributed by atoms with Gasteiger partial charge in [0.15, 0.2) is 11.5 Å².